The van der Waals surface area contributed by atoms with E-state index in [1.54, 1.807) is 0 Å². The Hall–Kier alpha value is -0.0900. The van der Waals surface area contributed by atoms with Gasteiger partial charge in [-0.05, 0) is 64.3 Å². The third kappa shape index (κ3) is 8.20. The zero-order chi connectivity index (χ0) is 16.1. The Kier molecular flexibility index (Phi) is 7.18. The van der Waals surface area contributed by atoms with E-state index in [1.807, 2.05) is 0 Å². The van der Waals surface area contributed by atoms with Gasteiger partial charge in [0.1, 0.15) is 9.84 Å². The summed E-state index contributed by atoms with van der Waals surface area (Å²) in [5.74, 6) is 2.37. The minimum atomic E-state index is -2.84. The molecule has 0 aliphatic heterocycles. The third-order valence-electron chi connectivity index (χ3n) is 4.70. The van der Waals surface area contributed by atoms with Gasteiger partial charge >= 0.3 is 0 Å². The average Bonchev–Trinajstić information content (AvgIpc) is 2.33. The Labute approximate surface area is 132 Å². The first-order valence-corrected chi connectivity index (χ1v) is 10.6. The maximum absolute atomic E-state index is 11.5. The van der Waals surface area contributed by atoms with Crippen LogP contribution >= 0.6 is 0 Å². The lowest BCUT2D eigenvalue weighted by Crippen LogP contribution is -2.42. The van der Waals surface area contributed by atoms with Gasteiger partial charge in [-0.25, -0.2) is 8.42 Å². The normalized spacial score (nSPS) is 27.8. The molecule has 0 aromatic carbocycles. The molecular formula is C17H35NO2S. The van der Waals surface area contributed by atoms with Crippen LogP contribution in [0.2, 0.25) is 0 Å². The van der Waals surface area contributed by atoms with Crippen LogP contribution in [0.3, 0.4) is 0 Å². The molecule has 1 aliphatic rings. The first kappa shape index (κ1) is 19.0. The van der Waals surface area contributed by atoms with Gasteiger partial charge in [0.15, 0.2) is 0 Å². The highest BCUT2D eigenvalue weighted by Gasteiger charge is 2.31. The first-order valence-electron chi connectivity index (χ1n) is 8.53. The van der Waals surface area contributed by atoms with Gasteiger partial charge in [0.25, 0.3) is 0 Å². The fourth-order valence-corrected chi connectivity index (χ4v) is 4.25. The van der Waals surface area contributed by atoms with E-state index < -0.39 is 9.84 Å². The molecule has 4 heteroatoms. The molecule has 0 saturated heterocycles. The van der Waals surface area contributed by atoms with Gasteiger partial charge in [-0.1, -0.05) is 26.2 Å². The van der Waals surface area contributed by atoms with E-state index in [2.05, 4.69) is 33.0 Å². The number of hydrogen-bond donors (Lipinski definition) is 1. The minimum Gasteiger partial charge on any atom is -0.312 e. The summed E-state index contributed by atoms with van der Waals surface area (Å²) in [6, 6.07) is 0. The molecule has 1 rings (SSSR count). The smallest absolute Gasteiger partial charge is 0.147 e. The summed E-state index contributed by atoms with van der Waals surface area (Å²) in [7, 11) is -2.84. The minimum absolute atomic E-state index is 0.141. The van der Waals surface area contributed by atoms with Crippen molar-refractivity contribution >= 4 is 9.84 Å². The van der Waals surface area contributed by atoms with E-state index in [1.165, 1.54) is 38.4 Å². The van der Waals surface area contributed by atoms with E-state index in [4.69, 9.17) is 0 Å². The SMILES string of the molecule is CCCC1CCC(CNC(C)(C)C)C(CCS(C)(=O)=O)C1. The van der Waals surface area contributed by atoms with Gasteiger partial charge in [-0.3, -0.25) is 0 Å². The summed E-state index contributed by atoms with van der Waals surface area (Å²) in [6.07, 6.45) is 8.54. The molecule has 1 N–H and O–H groups in total. The molecular weight excluding hydrogens is 282 g/mol. The zero-order valence-electron chi connectivity index (χ0n) is 14.6. The Morgan fingerprint density at radius 3 is 2.29 bits per heavy atom. The second kappa shape index (κ2) is 7.96. The van der Waals surface area contributed by atoms with Crippen molar-refractivity contribution in [3.8, 4) is 0 Å². The summed E-state index contributed by atoms with van der Waals surface area (Å²) >= 11 is 0. The van der Waals surface area contributed by atoms with Crippen LogP contribution in [0.5, 0.6) is 0 Å². The second-order valence-electron chi connectivity index (χ2n) is 8.04. The lowest BCUT2D eigenvalue weighted by Gasteiger charge is -2.38. The molecule has 0 heterocycles. The van der Waals surface area contributed by atoms with Gasteiger partial charge in [-0.2, -0.15) is 0 Å². The lowest BCUT2D eigenvalue weighted by molar-refractivity contribution is 0.157. The van der Waals surface area contributed by atoms with Crippen LogP contribution in [0.1, 0.15) is 66.2 Å². The van der Waals surface area contributed by atoms with Gasteiger partial charge in [-0.15, -0.1) is 0 Å². The van der Waals surface area contributed by atoms with Gasteiger partial charge < -0.3 is 5.32 Å². The van der Waals surface area contributed by atoms with Crippen LogP contribution < -0.4 is 5.32 Å². The van der Waals surface area contributed by atoms with E-state index in [0.717, 1.165) is 18.9 Å². The highest BCUT2D eigenvalue weighted by Crippen LogP contribution is 2.38. The predicted octanol–water partition coefficient (Wildman–Crippen LogP) is 3.64. The largest absolute Gasteiger partial charge is 0.312 e. The standard InChI is InChI=1S/C17H35NO2S/c1-6-7-14-8-9-16(13-18-17(2,3)4)15(12-14)10-11-21(5,19)20/h14-16,18H,6-13H2,1-5H3. The number of rotatable bonds is 7. The van der Waals surface area contributed by atoms with Crippen molar-refractivity contribution in [2.45, 2.75) is 71.8 Å². The first-order chi connectivity index (χ1) is 9.61. The quantitative estimate of drug-likeness (QED) is 0.780. The van der Waals surface area contributed by atoms with Crippen LogP contribution in [0.4, 0.5) is 0 Å². The topological polar surface area (TPSA) is 46.2 Å². The van der Waals surface area contributed by atoms with Crippen molar-refractivity contribution in [3.05, 3.63) is 0 Å². The van der Waals surface area contributed by atoms with Crippen LogP contribution in [-0.4, -0.2) is 32.5 Å². The second-order valence-corrected chi connectivity index (χ2v) is 10.3. The molecule has 3 atom stereocenters. The molecule has 0 spiro atoms. The maximum Gasteiger partial charge on any atom is 0.147 e. The van der Waals surface area contributed by atoms with Crippen molar-refractivity contribution in [2.24, 2.45) is 17.8 Å². The predicted molar refractivity (Wildman–Crippen MR) is 91.3 cm³/mol. The molecule has 0 radical (unpaired) electrons. The average molecular weight is 318 g/mol. The molecule has 0 bridgehead atoms. The van der Waals surface area contributed by atoms with E-state index in [0.29, 0.717) is 17.6 Å². The fraction of sp³-hybridized carbons (Fsp3) is 1.00. The Bertz CT molecular complexity index is 398. The lowest BCUT2D eigenvalue weighted by atomic mass is 9.71. The molecule has 1 saturated carbocycles. The molecule has 21 heavy (non-hydrogen) atoms. The summed E-state index contributed by atoms with van der Waals surface area (Å²) < 4.78 is 23.0. The molecule has 0 amide bonds. The molecule has 0 aromatic heterocycles. The molecule has 3 nitrogen and oxygen atoms in total. The Morgan fingerprint density at radius 2 is 1.76 bits per heavy atom. The zero-order valence-corrected chi connectivity index (χ0v) is 15.4. The van der Waals surface area contributed by atoms with Crippen LogP contribution in [0, 0.1) is 17.8 Å². The summed E-state index contributed by atoms with van der Waals surface area (Å²) in [5.41, 5.74) is 0.141. The molecule has 126 valence electrons. The summed E-state index contributed by atoms with van der Waals surface area (Å²) in [4.78, 5) is 0. The summed E-state index contributed by atoms with van der Waals surface area (Å²) in [5, 5.41) is 3.62. The maximum atomic E-state index is 11.5. The third-order valence-corrected chi connectivity index (χ3v) is 5.68. The monoisotopic (exact) mass is 317 g/mol. The molecule has 1 aliphatic carbocycles. The van der Waals surface area contributed by atoms with E-state index in [-0.39, 0.29) is 5.54 Å². The molecule has 0 aromatic rings. The number of hydrogen-bond acceptors (Lipinski definition) is 3. The Balaban J connectivity index is 2.61. The van der Waals surface area contributed by atoms with Crippen LogP contribution in [-0.2, 0) is 9.84 Å². The fourth-order valence-electron chi connectivity index (χ4n) is 3.52. The van der Waals surface area contributed by atoms with Crippen molar-refractivity contribution in [1.82, 2.24) is 5.32 Å². The highest BCUT2D eigenvalue weighted by atomic mass is 32.2. The van der Waals surface area contributed by atoms with Gasteiger partial charge in [0.05, 0.1) is 5.75 Å². The van der Waals surface area contributed by atoms with Crippen LogP contribution in [0.25, 0.3) is 0 Å². The van der Waals surface area contributed by atoms with E-state index in [9.17, 15) is 8.42 Å². The highest BCUT2D eigenvalue weighted by molar-refractivity contribution is 7.90. The van der Waals surface area contributed by atoms with Crippen molar-refractivity contribution in [3.63, 3.8) is 0 Å². The summed E-state index contributed by atoms with van der Waals surface area (Å²) in [6.45, 7) is 9.86. The van der Waals surface area contributed by atoms with E-state index >= 15 is 0 Å². The molecule has 3 unspecified atom stereocenters. The van der Waals surface area contributed by atoms with Gasteiger partial charge in [0.2, 0.25) is 0 Å². The van der Waals surface area contributed by atoms with Crippen molar-refractivity contribution < 1.29 is 8.42 Å². The number of nitrogens with one attached hydrogen (secondary N) is 1. The van der Waals surface area contributed by atoms with Gasteiger partial charge in [0, 0.05) is 11.8 Å². The number of sulfone groups is 1. The Morgan fingerprint density at radius 1 is 1.10 bits per heavy atom. The van der Waals surface area contributed by atoms with Crippen LogP contribution in [0.15, 0.2) is 0 Å². The van der Waals surface area contributed by atoms with Crippen molar-refractivity contribution in [2.75, 3.05) is 18.6 Å². The van der Waals surface area contributed by atoms with Crippen molar-refractivity contribution in [1.29, 1.82) is 0 Å². The molecule has 1 fully saturated rings.